The summed E-state index contributed by atoms with van der Waals surface area (Å²) in [6, 6.07) is 8.30. The molecule has 3 N–H and O–H groups in total. The third kappa shape index (κ3) is 4.36. The Morgan fingerprint density at radius 3 is 2.69 bits per heavy atom. The van der Waals surface area contributed by atoms with Gasteiger partial charge in [-0.25, -0.2) is 4.98 Å². The number of carbonyl (C=O) groups excluding carboxylic acids is 1. The summed E-state index contributed by atoms with van der Waals surface area (Å²) in [4.78, 5) is 19.2. The molecule has 1 fully saturated rings. The summed E-state index contributed by atoms with van der Waals surface area (Å²) < 4.78 is 37.8. The first kappa shape index (κ1) is 19.3. The van der Waals surface area contributed by atoms with Gasteiger partial charge >= 0.3 is 6.18 Å². The van der Waals surface area contributed by atoms with Crippen LogP contribution in [0.1, 0.15) is 30.4 Å². The number of carbonyl (C=O) groups is 1. The maximum atomic E-state index is 12.6. The number of nitrogens with one attached hydrogen (secondary N) is 3. The quantitative estimate of drug-likeness (QED) is 0.545. The molecule has 29 heavy (non-hydrogen) atoms. The minimum absolute atomic E-state index is 0.0672. The molecular formula is C21H21F3N4O. The number of benzene rings is 1. The fraction of sp³-hybridized carbons (Fsp3) is 0.333. The van der Waals surface area contributed by atoms with Crippen LogP contribution in [0.2, 0.25) is 0 Å². The van der Waals surface area contributed by atoms with Crippen LogP contribution in [0.15, 0.2) is 42.7 Å². The molecule has 0 unspecified atom stereocenters. The van der Waals surface area contributed by atoms with Crippen LogP contribution in [0, 0.1) is 5.92 Å². The van der Waals surface area contributed by atoms with Crippen LogP contribution in [-0.2, 0) is 17.4 Å². The van der Waals surface area contributed by atoms with E-state index in [-0.39, 0.29) is 11.8 Å². The third-order valence-electron chi connectivity index (χ3n) is 5.29. The van der Waals surface area contributed by atoms with E-state index in [0.29, 0.717) is 18.8 Å². The molecule has 2 heterocycles. The van der Waals surface area contributed by atoms with Crippen molar-refractivity contribution < 1.29 is 18.0 Å². The number of hydrogen-bond donors (Lipinski definition) is 3. The van der Waals surface area contributed by atoms with E-state index in [4.69, 9.17) is 0 Å². The van der Waals surface area contributed by atoms with Crippen molar-refractivity contribution in [1.82, 2.24) is 9.97 Å². The second-order valence-electron chi connectivity index (χ2n) is 7.31. The number of aromatic nitrogens is 2. The lowest BCUT2D eigenvalue weighted by molar-refractivity contribution is -0.137. The molecule has 0 bridgehead atoms. The summed E-state index contributed by atoms with van der Waals surface area (Å²) in [7, 11) is 0. The van der Waals surface area contributed by atoms with Gasteiger partial charge in [-0.05, 0) is 49.1 Å². The topological polar surface area (TPSA) is 69.8 Å². The maximum Gasteiger partial charge on any atom is 0.417 e. The molecular weight excluding hydrogens is 381 g/mol. The van der Waals surface area contributed by atoms with Gasteiger partial charge in [-0.2, -0.15) is 13.2 Å². The first-order chi connectivity index (χ1) is 13.9. The average Bonchev–Trinajstić information content (AvgIpc) is 3.02. The van der Waals surface area contributed by atoms with Gasteiger partial charge in [0.25, 0.3) is 0 Å². The smallest absolute Gasteiger partial charge is 0.370 e. The van der Waals surface area contributed by atoms with Gasteiger partial charge in [0, 0.05) is 35.8 Å². The zero-order valence-electron chi connectivity index (χ0n) is 15.6. The van der Waals surface area contributed by atoms with Crippen molar-refractivity contribution in [1.29, 1.82) is 0 Å². The van der Waals surface area contributed by atoms with Gasteiger partial charge in [-0.3, -0.25) is 4.79 Å². The van der Waals surface area contributed by atoms with Gasteiger partial charge in [0.15, 0.2) is 0 Å². The number of hydrogen-bond acceptors (Lipinski definition) is 3. The van der Waals surface area contributed by atoms with Gasteiger partial charge < -0.3 is 15.6 Å². The van der Waals surface area contributed by atoms with Crippen LogP contribution in [0.4, 0.5) is 24.7 Å². The molecule has 0 radical (unpaired) electrons. The molecule has 0 spiro atoms. The predicted octanol–water partition coefficient (Wildman–Crippen LogP) is 4.97. The molecule has 4 rings (SSSR count). The minimum Gasteiger partial charge on any atom is -0.370 e. The molecule has 2 aromatic heterocycles. The van der Waals surface area contributed by atoms with Crippen LogP contribution in [0.25, 0.3) is 10.9 Å². The standard InChI is InChI=1S/C21H21F3N4O/c22-21(23,24)15-5-7-19(27-11-15)25-9-8-13-4-6-17-16(10-13)18(12-26-17)28-20(29)14-2-1-3-14/h4-7,10-12,14,26H,1-3,8-9H2,(H,25,27)(H,28,29). The lowest BCUT2D eigenvalue weighted by atomic mass is 9.85. The number of nitrogens with zero attached hydrogens (tertiary/aromatic N) is 1. The number of fused-ring (bicyclic) bond motifs is 1. The molecule has 8 heteroatoms. The summed E-state index contributed by atoms with van der Waals surface area (Å²) in [6.07, 6.45) is 1.91. The zero-order chi connectivity index (χ0) is 20.4. The number of aromatic amines is 1. The van der Waals surface area contributed by atoms with Crippen molar-refractivity contribution in [2.24, 2.45) is 5.92 Å². The highest BCUT2D eigenvalue weighted by Gasteiger charge is 2.30. The fourth-order valence-corrected chi connectivity index (χ4v) is 3.33. The molecule has 1 aliphatic carbocycles. The van der Waals surface area contributed by atoms with Crippen molar-refractivity contribution in [2.75, 3.05) is 17.2 Å². The van der Waals surface area contributed by atoms with Gasteiger partial charge in [-0.15, -0.1) is 0 Å². The van der Waals surface area contributed by atoms with E-state index in [1.54, 1.807) is 6.20 Å². The Hall–Kier alpha value is -3.03. The Morgan fingerprint density at radius 1 is 1.21 bits per heavy atom. The normalized spacial score (nSPS) is 14.6. The van der Waals surface area contributed by atoms with Crippen LogP contribution in [0.5, 0.6) is 0 Å². The Morgan fingerprint density at radius 2 is 2.03 bits per heavy atom. The van der Waals surface area contributed by atoms with Gasteiger partial charge in [0.1, 0.15) is 5.82 Å². The summed E-state index contributed by atoms with van der Waals surface area (Å²) in [6.45, 7) is 0.526. The molecule has 1 aromatic carbocycles. The molecule has 0 atom stereocenters. The van der Waals surface area contributed by atoms with Gasteiger partial charge in [0.05, 0.1) is 11.3 Å². The Labute approximate surface area is 165 Å². The molecule has 5 nitrogen and oxygen atoms in total. The van der Waals surface area contributed by atoms with Crippen LogP contribution < -0.4 is 10.6 Å². The molecule has 152 valence electrons. The van der Waals surface area contributed by atoms with Crippen molar-refractivity contribution in [3.63, 3.8) is 0 Å². The number of alkyl halides is 3. The van der Waals surface area contributed by atoms with E-state index in [1.807, 2.05) is 18.2 Å². The third-order valence-corrected chi connectivity index (χ3v) is 5.29. The first-order valence-electron chi connectivity index (χ1n) is 9.58. The van der Waals surface area contributed by atoms with E-state index in [9.17, 15) is 18.0 Å². The van der Waals surface area contributed by atoms with E-state index >= 15 is 0 Å². The summed E-state index contributed by atoms with van der Waals surface area (Å²) in [5.41, 5.74) is 2.00. The van der Waals surface area contributed by atoms with Crippen molar-refractivity contribution in [2.45, 2.75) is 31.9 Å². The van der Waals surface area contributed by atoms with Crippen molar-refractivity contribution in [3.05, 3.63) is 53.9 Å². The average molecular weight is 402 g/mol. The second-order valence-corrected chi connectivity index (χ2v) is 7.31. The highest BCUT2D eigenvalue weighted by atomic mass is 19.4. The van der Waals surface area contributed by atoms with Crippen molar-refractivity contribution >= 4 is 28.3 Å². The fourth-order valence-electron chi connectivity index (χ4n) is 3.33. The zero-order valence-corrected chi connectivity index (χ0v) is 15.6. The molecule has 0 aliphatic heterocycles. The molecule has 1 amide bonds. The first-order valence-corrected chi connectivity index (χ1v) is 9.58. The SMILES string of the molecule is O=C(Nc1c[nH]c2ccc(CCNc3ccc(C(F)(F)F)cn3)cc12)C1CCC1. The summed E-state index contributed by atoms with van der Waals surface area (Å²) in [5.74, 6) is 0.579. The van der Waals surface area contributed by atoms with E-state index in [1.165, 1.54) is 6.07 Å². The minimum atomic E-state index is -4.39. The lowest BCUT2D eigenvalue weighted by Gasteiger charge is -2.23. The Balaban J connectivity index is 1.38. The second kappa shape index (κ2) is 7.77. The van der Waals surface area contributed by atoms with Crippen LogP contribution >= 0.6 is 0 Å². The Bertz CT molecular complexity index is 1010. The van der Waals surface area contributed by atoms with Gasteiger partial charge in [0.2, 0.25) is 5.91 Å². The Kier molecular flexibility index (Phi) is 5.17. The summed E-state index contributed by atoms with van der Waals surface area (Å²) in [5, 5.41) is 6.99. The van der Waals surface area contributed by atoms with E-state index < -0.39 is 11.7 Å². The molecule has 1 saturated carbocycles. The van der Waals surface area contributed by atoms with Crippen LogP contribution in [-0.4, -0.2) is 22.4 Å². The predicted molar refractivity (Wildman–Crippen MR) is 106 cm³/mol. The summed E-state index contributed by atoms with van der Waals surface area (Å²) >= 11 is 0. The van der Waals surface area contributed by atoms with Crippen molar-refractivity contribution in [3.8, 4) is 0 Å². The highest BCUT2D eigenvalue weighted by Crippen LogP contribution is 2.30. The number of rotatable bonds is 6. The number of pyridine rings is 1. The number of anilines is 2. The highest BCUT2D eigenvalue weighted by molar-refractivity contribution is 6.02. The molecule has 0 saturated heterocycles. The largest absolute Gasteiger partial charge is 0.417 e. The lowest BCUT2D eigenvalue weighted by Crippen LogP contribution is -2.27. The van der Waals surface area contributed by atoms with E-state index in [2.05, 4.69) is 20.6 Å². The monoisotopic (exact) mass is 402 g/mol. The van der Waals surface area contributed by atoms with Gasteiger partial charge in [-0.1, -0.05) is 12.5 Å². The molecule has 3 aromatic rings. The number of halogens is 3. The number of amides is 1. The van der Waals surface area contributed by atoms with Crippen LogP contribution in [0.3, 0.4) is 0 Å². The molecule has 1 aliphatic rings. The number of H-pyrrole nitrogens is 1. The maximum absolute atomic E-state index is 12.6. The van der Waals surface area contributed by atoms with E-state index in [0.717, 1.165) is 53.7 Å².